The van der Waals surface area contributed by atoms with Gasteiger partial charge in [0.05, 0.1) is 0 Å². The number of para-hydroxylation sites is 1. The zero-order chi connectivity index (χ0) is 20.9. The third kappa shape index (κ3) is 4.26. The van der Waals surface area contributed by atoms with E-state index in [0.717, 1.165) is 11.4 Å². The maximum absolute atomic E-state index is 3.69. The van der Waals surface area contributed by atoms with Gasteiger partial charge in [0.15, 0.2) is 0 Å². The lowest BCUT2D eigenvalue weighted by Gasteiger charge is -2.15. The highest BCUT2D eigenvalue weighted by Crippen LogP contribution is 2.34. The Bertz CT molecular complexity index is 1220. The molecule has 0 spiro atoms. The molecule has 0 bridgehead atoms. The first-order valence-corrected chi connectivity index (χ1v) is 10.5. The second-order valence-electron chi connectivity index (χ2n) is 7.57. The van der Waals surface area contributed by atoms with Gasteiger partial charge < -0.3 is 5.32 Å². The van der Waals surface area contributed by atoms with Crippen molar-refractivity contribution in [1.29, 1.82) is 0 Å². The first kappa shape index (κ1) is 18.9. The molecule has 0 saturated heterocycles. The lowest BCUT2D eigenvalue weighted by molar-refractivity contribution is 1.52. The van der Waals surface area contributed by atoms with Crippen molar-refractivity contribution in [3.05, 3.63) is 133 Å². The summed E-state index contributed by atoms with van der Waals surface area (Å²) in [5, 5.41) is 3.69. The Labute approximate surface area is 183 Å². The van der Waals surface area contributed by atoms with Crippen molar-refractivity contribution in [1.82, 2.24) is 0 Å². The average Bonchev–Trinajstić information content (AvgIpc) is 2.86. The van der Waals surface area contributed by atoms with E-state index in [4.69, 9.17) is 0 Å². The minimum atomic E-state index is 1.07. The van der Waals surface area contributed by atoms with Crippen molar-refractivity contribution < 1.29 is 0 Å². The van der Waals surface area contributed by atoms with E-state index in [1.807, 2.05) is 0 Å². The molecule has 1 nitrogen and oxygen atoms in total. The van der Waals surface area contributed by atoms with Crippen LogP contribution in [0.1, 0.15) is 0 Å². The number of hydrogen-bond donors (Lipinski definition) is 1. The summed E-state index contributed by atoms with van der Waals surface area (Å²) in [5.41, 5.74) is 9.37. The molecule has 0 saturated carbocycles. The van der Waals surface area contributed by atoms with E-state index >= 15 is 0 Å². The van der Waals surface area contributed by atoms with Crippen molar-refractivity contribution in [3.63, 3.8) is 0 Å². The molecule has 0 radical (unpaired) electrons. The van der Waals surface area contributed by atoms with Gasteiger partial charge in [0, 0.05) is 16.9 Å². The first-order chi connectivity index (χ1) is 15.4. The van der Waals surface area contributed by atoms with E-state index in [-0.39, 0.29) is 0 Å². The molecule has 5 aromatic rings. The molecule has 1 N–H and O–H groups in total. The van der Waals surface area contributed by atoms with Gasteiger partial charge in [-0.05, 0) is 52.1 Å². The van der Waals surface area contributed by atoms with Crippen molar-refractivity contribution in [2.24, 2.45) is 0 Å². The Balaban J connectivity index is 1.60. The van der Waals surface area contributed by atoms with Gasteiger partial charge in [-0.2, -0.15) is 0 Å². The van der Waals surface area contributed by atoms with Crippen LogP contribution in [-0.4, -0.2) is 0 Å². The van der Waals surface area contributed by atoms with Gasteiger partial charge in [0.1, 0.15) is 0 Å². The van der Waals surface area contributed by atoms with Crippen LogP contribution < -0.4 is 5.32 Å². The van der Waals surface area contributed by atoms with Crippen LogP contribution in [-0.2, 0) is 0 Å². The van der Waals surface area contributed by atoms with Crippen LogP contribution in [0.4, 0.5) is 11.4 Å². The monoisotopic (exact) mass is 397 g/mol. The van der Waals surface area contributed by atoms with Gasteiger partial charge >= 0.3 is 0 Å². The van der Waals surface area contributed by atoms with Crippen LogP contribution in [0.5, 0.6) is 0 Å². The molecule has 1 heteroatoms. The lowest BCUT2D eigenvalue weighted by Crippen LogP contribution is -1.95. The van der Waals surface area contributed by atoms with E-state index in [2.05, 4.69) is 139 Å². The molecule has 0 heterocycles. The fourth-order valence-corrected chi connectivity index (χ4v) is 3.91. The third-order valence-electron chi connectivity index (χ3n) is 5.44. The minimum Gasteiger partial charge on any atom is -0.355 e. The molecule has 148 valence electrons. The minimum absolute atomic E-state index is 1.07. The van der Waals surface area contributed by atoms with Crippen LogP contribution in [0.2, 0.25) is 0 Å². The highest BCUT2D eigenvalue weighted by Gasteiger charge is 2.09. The van der Waals surface area contributed by atoms with Crippen molar-refractivity contribution in [2.45, 2.75) is 0 Å². The molecule has 0 atom stereocenters. The Morgan fingerprint density at radius 1 is 0.355 bits per heavy atom. The van der Waals surface area contributed by atoms with Gasteiger partial charge in [-0.15, -0.1) is 0 Å². The number of hydrogen-bond acceptors (Lipinski definition) is 1. The third-order valence-corrected chi connectivity index (χ3v) is 5.44. The number of benzene rings is 5. The quantitative estimate of drug-likeness (QED) is 0.314. The Morgan fingerprint density at radius 3 is 1.35 bits per heavy atom. The molecule has 0 aliphatic rings. The fraction of sp³-hybridized carbons (Fsp3) is 0. The summed E-state index contributed by atoms with van der Waals surface area (Å²) in [6, 6.07) is 46.8. The SMILES string of the molecule is c1ccc(-c2cc(Nc3ccccc3-c3ccccc3)cc(-c3ccccc3)c2)cc1. The summed E-state index contributed by atoms with van der Waals surface area (Å²) in [6.45, 7) is 0. The molecule has 0 aliphatic carbocycles. The van der Waals surface area contributed by atoms with E-state index in [1.165, 1.54) is 33.4 Å². The maximum Gasteiger partial charge on any atom is 0.0463 e. The fourth-order valence-electron chi connectivity index (χ4n) is 3.91. The number of nitrogens with one attached hydrogen (secondary N) is 1. The number of rotatable bonds is 5. The Hall–Kier alpha value is -4.10. The Kier molecular flexibility index (Phi) is 5.32. The summed E-state index contributed by atoms with van der Waals surface area (Å²) >= 11 is 0. The van der Waals surface area contributed by atoms with Crippen LogP contribution in [0.25, 0.3) is 33.4 Å². The van der Waals surface area contributed by atoms with E-state index in [9.17, 15) is 0 Å². The molecule has 0 aromatic heterocycles. The summed E-state index contributed by atoms with van der Waals surface area (Å²) in [7, 11) is 0. The van der Waals surface area contributed by atoms with Gasteiger partial charge in [-0.3, -0.25) is 0 Å². The van der Waals surface area contributed by atoms with E-state index < -0.39 is 0 Å². The molecule has 0 aliphatic heterocycles. The zero-order valence-electron chi connectivity index (χ0n) is 17.2. The van der Waals surface area contributed by atoms with Crippen LogP contribution in [0, 0.1) is 0 Å². The smallest absolute Gasteiger partial charge is 0.0463 e. The Morgan fingerprint density at radius 2 is 0.806 bits per heavy atom. The van der Waals surface area contributed by atoms with Crippen molar-refractivity contribution in [3.8, 4) is 33.4 Å². The summed E-state index contributed by atoms with van der Waals surface area (Å²) < 4.78 is 0. The van der Waals surface area contributed by atoms with E-state index in [1.54, 1.807) is 0 Å². The van der Waals surface area contributed by atoms with Gasteiger partial charge in [-0.25, -0.2) is 0 Å². The van der Waals surface area contributed by atoms with Crippen LogP contribution in [0.3, 0.4) is 0 Å². The second kappa shape index (κ2) is 8.73. The summed E-state index contributed by atoms with van der Waals surface area (Å²) in [4.78, 5) is 0. The average molecular weight is 398 g/mol. The van der Waals surface area contributed by atoms with E-state index in [0.29, 0.717) is 0 Å². The molecule has 31 heavy (non-hydrogen) atoms. The number of anilines is 2. The summed E-state index contributed by atoms with van der Waals surface area (Å²) in [5.74, 6) is 0. The van der Waals surface area contributed by atoms with Crippen molar-refractivity contribution >= 4 is 11.4 Å². The zero-order valence-corrected chi connectivity index (χ0v) is 17.2. The highest BCUT2D eigenvalue weighted by atomic mass is 14.9. The molecule has 5 aromatic carbocycles. The predicted octanol–water partition coefficient (Wildman–Crippen LogP) is 8.43. The molecular formula is C30H23N. The predicted molar refractivity (Wildman–Crippen MR) is 132 cm³/mol. The molecule has 0 fully saturated rings. The van der Waals surface area contributed by atoms with Crippen LogP contribution in [0.15, 0.2) is 133 Å². The van der Waals surface area contributed by atoms with Gasteiger partial charge in [0.2, 0.25) is 0 Å². The second-order valence-corrected chi connectivity index (χ2v) is 7.57. The maximum atomic E-state index is 3.69. The molecule has 0 unspecified atom stereocenters. The van der Waals surface area contributed by atoms with Gasteiger partial charge in [0.25, 0.3) is 0 Å². The van der Waals surface area contributed by atoms with Crippen LogP contribution >= 0.6 is 0 Å². The first-order valence-electron chi connectivity index (χ1n) is 10.5. The molecule has 0 amide bonds. The normalized spacial score (nSPS) is 10.6. The molecular weight excluding hydrogens is 374 g/mol. The lowest BCUT2D eigenvalue weighted by atomic mass is 9.97. The molecule has 5 rings (SSSR count). The van der Waals surface area contributed by atoms with Crippen molar-refractivity contribution in [2.75, 3.05) is 5.32 Å². The summed E-state index contributed by atoms with van der Waals surface area (Å²) in [6.07, 6.45) is 0. The topological polar surface area (TPSA) is 12.0 Å². The highest BCUT2D eigenvalue weighted by molar-refractivity contribution is 5.84. The van der Waals surface area contributed by atoms with Gasteiger partial charge in [-0.1, -0.05) is 109 Å². The largest absolute Gasteiger partial charge is 0.355 e. The standard InChI is InChI=1S/C30H23N/c1-4-12-23(13-5-1)26-20-27(24-14-6-2-7-15-24)22-28(21-26)31-30-19-11-10-18-29(30)25-16-8-3-9-17-25/h1-22,31H.